The van der Waals surface area contributed by atoms with Crippen LogP contribution in [0.5, 0.6) is 0 Å². The van der Waals surface area contributed by atoms with Crippen molar-refractivity contribution >= 4 is 0 Å². The van der Waals surface area contributed by atoms with Crippen LogP contribution in [-0.4, -0.2) is 17.8 Å². The molecule has 0 amide bonds. The topological polar surface area (TPSA) is 32.3 Å². The summed E-state index contributed by atoms with van der Waals surface area (Å²) in [7, 11) is 0. The minimum atomic E-state index is -0.577. The highest BCUT2D eigenvalue weighted by Crippen LogP contribution is 2.37. The zero-order valence-electron chi connectivity index (χ0n) is 17.0. The third-order valence-corrected chi connectivity index (χ3v) is 5.59. The molecule has 0 saturated carbocycles. The van der Waals surface area contributed by atoms with Gasteiger partial charge in [0.05, 0.1) is 12.1 Å². The first kappa shape index (κ1) is 20.1. The first-order valence-electron chi connectivity index (χ1n) is 10.4. The van der Waals surface area contributed by atoms with E-state index in [0.717, 1.165) is 23.1 Å². The van der Waals surface area contributed by atoms with Gasteiger partial charge in [0, 0.05) is 6.04 Å². The van der Waals surface area contributed by atoms with Crippen molar-refractivity contribution in [2.75, 3.05) is 6.61 Å². The van der Waals surface area contributed by atoms with Crippen molar-refractivity contribution in [3.63, 3.8) is 0 Å². The molecule has 0 heterocycles. The maximum Gasteiger partial charge on any atom is 0.0950 e. The van der Waals surface area contributed by atoms with Crippen LogP contribution in [0.4, 0.5) is 0 Å². The monoisotopic (exact) mass is 393 g/mol. The summed E-state index contributed by atoms with van der Waals surface area (Å²) in [5.74, 6) is 0. The van der Waals surface area contributed by atoms with Crippen LogP contribution in [0.1, 0.15) is 22.3 Å². The molecule has 0 aliphatic rings. The Bertz CT molecular complexity index is 921. The van der Waals surface area contributed by atoms with Crippen LogP contribution in [0.25, 0.3) is 0 Å². The van der Waals surface area contributed by atoms with Gasteiger partial charge in [-0.3, -0.25) is 5.32 Å². The van der Waals surface area contributed by atoms with E-state index in [-0.39, 0.29) is 12.6 Å². The van der Waals surface area contributed by atoms with Crippen molar-refractivity contribution in [2.45, 2.75) is 18.0 Å². The second-order valence-electron chi connectivity index (χ2n) is 7.56. The number of hydrogen-bond donors (Lipinski definition) is 2. The molecular formula is C28H27NO. The van der Waals surface area contributed by atoms with E-state index >= 15 is 0 Å². The van der Waals surface area contributed by atoms with Gasteiger partial charge < -0.3 is 5.11 Å². The first-order chi connectivity index (χ1) is 14.8. The molecule has 2 nitrogen and oxygen atoms in total. The molecule has 0 aliphatic heterocycles. The Balaban J connectivity index is 1.86. The average molecular weight is 394 g/mol. The van der Waals surface area contributed by atoms with Gasteiger partial charge in [-0.25, -0.2) is 0 Å². The van der Waals surface area contributed by atoms with Crippen LogP contribution in [0.15, 0.2) is 121 Å². The largest absolute Gasteiger partial charge is 0.395 e. The first-order valence-corrected chi connectivity index (χ1v) is 10.4. The Kier molecular flexibility index (Phi) is 6.38. The molecule has 0 bridgehead atoms. The molecule has 1 atom stereocenters. The van der Waals surface area contributed by atoms with E-state index < -0.39 is 5.54 Å². The lowest BCUT2D eigenvalue weighted by Crippen LogP contribution is -2.51. The number of aliphatic hydroxyl groups is 1. The molecule has 2 heteroatoms. The minimum absolute atomic E-state index is 0.0448. The predicted molar refractivity (Wildman–Crippen MR) is 123 cm³/mol. The van der Waals surface area contributed by atoms with E-state index in [1.54, 1.807) is 0 Å². The molecule has 0 spiro atoms. The van der Waals surface area contributed by atoms with Crippen molar-refractivity contribution < 1.29 is 5.11 Å². The molecule has 0 aliphatic carbocycles. The lowest BCUT2D eigenvalue weighted by molar-refractivity contribution is 0.221. The molecule has 2 N–H and O–H groups in total. The molecule has 1 unspecified atom stereocenters. The Labute approximate surface area is 178 Å². The van der Waals surface area contributed by atoms with E-state index in [9.17, 15) is 5.11 Å². The van der Waals surface area contributed by atoms with Gasteiger partial charge in [-0.15, -0.1) is 0 Å². The lowest BCUT2D eigenvalue weighted by Gasteiger charge is -2.40. The fourth-order valence-corrected chi connectivity index (χ4v) is 4.18. The van der Waals surface area contributed by atoms with Crippen molar-refractivity contribution in [1.29, 1.82) is 0 Å². The number of rotatable bonds is 8. The lowest BCUT2D eigenvalue weighted by atomic mass is 9.76. The highest BCUT2D eigenvalue weighted by Gasteiger charge is 2.37. The molecule has 30 heavy (non-hydrogen) atoms. The maximum atomic E-state index is 10.3. The van der Waals surface area contributed by atoms with Gasteiger partial charge in [0.1, 0.15) is 0 Å². The quantitative estimate of drug-likeness (QED) is 0.405. The van der Waals surface area contributed by atoms with Crippen LogP contribution in [-0.2, 0) is 12.0 Å². The Morgan fingerprint density at radius 1 is 0.567 bits per heavy atom. The summed E-state index contributed by atoms with van der Waals surface area (Å²) < 4.78 is 0. The Hall–Kier alpha value is -3.20. The Morgan fingerprint density at radius 3 is 1.30 bits per heavy atom. The van der Waals surface area contributed by atoms with Crippen LogP contribution >= 0.6 is 0 Å². The molecule has 4 aromatic rings. The van der Waals surface area contributed by atoms with Gasteiger partial charge in [0.25, 0.3) is 0 Å². The van der Waals surface area contributed by atoms with Gasteiger partial charge in [-0.2, -0.15) is 0 Å². The summed E-state index contributed by atoms with van der Waals surface area (Å²) in [6.45, 7) is 0.0448. The predicted octanol–water partition coefficient (Wildman–Crippen LogP) is 5.17. The van der Waals surface area contributed by atoms with Crippen LogP contribution < -0.4 is 5.32 Å². The molecule has 4 aromatic carbocycles. The van der Waals surface area contributed by atoms with Crippen molar-refractivity contribution in [3.05, 3.63) is 144 Å². The summed E-state index contributed by atoms with van der Waals surface area (Å²) in [6, 6.07) is 41.7. The zero-order chi connectivity index (χ0) is 20.7. The number of aliphatic hydroxyl groups excluding tert-OH is 1. The van der Waals surface area contributed by atoms with Crippen LogP contribution in [0, 0.1) is 0 Å². The smallest absolute Gasteiger partial charge is 0.0950 e. The third kappa shape index (κ3) is 4.20. The van der Waals surface area contributed by atoms with Gasteiger partial charge in [0.2, 0.25) is 0 Å². The number of hydrogen-bond acceptors (Lipinski definition) is 2. The maximum absolute atomic E-state index is 10.3. The molecule has 4 rings (SSSR count). The molecule has 0 aromatic heterocycles. The molecular weight excluding hydrogens is 366 g/mol. The zero-order valence-corrected chi connectivity index (χ0v) is 17.0. The molecule has 0 saturated heterocycles. The number of benzene rings is 4. The normalized spacial score (nSPS) is 12.4. The van der Waals surface area contributed by atoms with E-state index in [0.29, 0.717) is 0 Å². The van der Waals surface area contributed by atoms with E-state index in [1.807, 2.05) is 36.4 Å². The fourth-order valence-electron chi connectivity index (χ4n) is 4.18. The van der Waals surface area contributed by atoms with E-state index in [4.69, 9.17) is 0 Å². The Morgan fingerprint density at radius 2 is 0.933 bits per heavy atom. The minimum Gasteiger partial charge on any atom is -0.395 e. The highest BCUT2D eigenvalue weighted by atomic mass is 16.3. The average Bonchev–Trinajstić information content (AvgIpc) is 2.84. The van der Waals surface area contributed by atoms with Crippen LogP contribution in [0.2, 0.25) is 0 Å². The van der Waals surface area contributed by atoms with Gasteiger partial charge >= 0.3 is 0 Å². The molecule has 150 valence electrons. The second-order valence-corrected chi connectivity index (χ2v) is 7.56. The van der Waals surface area contributed by atoms with Crippen molar-refractivity contribution in [1.82, 2.24) is 5.32 Å². The van der Waals surface area contributed by atoms with Crippen molar-refractivity contribution in [3.8, 4) is 0 Å². The second kappa shape index (κ2) is 9.53. The SMILES string of the molecule is OCC(Cc1ccccc1)NC(c1ccccc1)(c1ccccc1)c1ccccc1. The van der Waals surface area contributed by atoms with Gasteiger partial charge in [-0.1, -0.05) is 121 Å². The molecule has 0 fully saturated rings. The summed E-state index contributed by atoms with van der Waals surface area (Å²) in [4.78, 5) is 0. The summed E-state index contributed by atoms with van der Waals surface area (Å²) in [6.07, 6.45) is 0.742. The van der Waals surface area contributed by atoms with Crippen molar-refractivity contribution in [2.24, 2.45) is 0 Å². The van der Waals surface area contributed by atoms with Gasteiger partial charge in [-0.05, 0) is 28.7 Å². The van der Waals surface area contributed by atoms with Crippen LogP contribution in [0.3, 0.4) is 0 Å². The fraction of sp³-hybridized carbons (Fsp3) is 0.143. The number of nitrogens with one attached hydrogen (secondary N) is 1. The van der Waals surface area contributed by atoms with E-state index in [1.165, 1.54) is 5.56 Å². The summed E-state index contributed by atoms with van der Waals surface area (Å²) in [5.41, 5.74) is 4.07. The van der Waals surface area contributed by atoms with E-state index in [2.05, 4.69) is 90.2 Å². The summed E-state index contributed by atoms with van der Waals surface area (Å²) >= 11 is 0. The molecule has 0 radical (unpaired) electrons. The summed E-state index contributed by atoms with van der Waals surface area (Å²) in [5, 5.41) is 14.2. The van der Waals surface area contributed by atoms with Gasteiger partial charge in [0.15, 0.2) is 0 Å². The third-order valence-electron chi connectivity index (χ3n) is 5.59. The standard InChI is InChI=1S/C28H27NO/c30-22-27(21-23-13-5-1-6-14-23)29-28(24-15-7-2-8-16-24,25-17-9-3-10-18-25)26-19-11-4-12-20-26/h1-20,27,29-30H,21-22H2. The highest BCUT2D eigenvalue weighted by molar-refractivity contribution is 5.49.